The van der Waals surface area contributed by atoms with Crippen molar-refractivity contribution in [3.63, 3.8) is 0 Å². The Hall–Kier alpha value is -1.56. The maximum absolute atomic E-state index is 8.65. The highest BCUT2D eigenvalue weighted by Crippen LogP contribution is 2.10. The smallest absolute Gasteiger partial charge is 0.141 e. The van der Waals surface area contributed by atoms with Gasteiger partial charge in [-0.1, -0.05) is 19.8 Å². The van der Waals surface area contributed by atoms with Gasteiger partial charge in [-0.25, -0.2) is 4.98 Å². The lowest BCUT2D eigenvalue weighted by Crippen LogP contribution is -1.98. The molecule has 1 heterocycles. The first-order chi connectivity index (χ1) is 6.77. The minimum atomic E-state index is 0.349. The summed E-state index contributed by atoms with van der Waals surface area (Å²) >= 11 is 0. The van der Waals surface area contributed by atoms with E-state index in [0.717, 1.165) is 18.5 Å². The number of rotatable bonds is 4. The molecule has 0 aromatic carbocycles. The predicted molar refractivity (Wildman–Crippen MR) is 56.6 cm³/mol. The Morgan fingerprint density at radius 3 is 2.79 bits per heavy atom. The molecule has 0 bridgehead atoms. The summed E-state index contributed by atoms with van der Waals surface area (Å²) in [7, 11) is 0. The second-order valence-corrected chi connectivity index (χ2v) is 3.30. The topological polar surface area (TPSA) is 62.7 Å². The highest BCUT2D eigenvalue weighted by molar-refractivity contribution is 5.48. The zero-order chi connectivity index (χ0) is 10.4. The number of hydrogen-bond donors (Lipinski definition) is 1. The van der Waals surface area contributed by atoms with Crippen LogP contribution >= 0.6 is 0 Å². The van der Waals surface area contributed by atoms with Gasteiger partial charge in [-0.3, -0.25) is 0 Å². The fourth-order valence-corrected chi connectivity index (χ4v) is 1.31. The molecule has 0 fully saturated rings. The molecule has 1 aromatic heterocycles. The van der Waals surface area contributed by atoms with Gasteiger partial charge < -0.3 is 5.73 Å². The van der Waals surface area contributed by atoms with Crippen molar-refractivity contribution in [2.24, 2.45) is 0 Å². The summed E-state index contributed by atoms with van der Waals surface area (Å²) in [6.45, 7) is 2.17. The van der Waals surface area contributed by atoms with E-state index >= 15 is 0 Å². The molecule has 0 amide bonds. The van der Waals surface area contributed by atoms with Gasteiger partial charge in [0.15, 0.2) is 0 Å². The number of pyridine rings is 1. The van der Waals surface area contributed by atoms with E-state index in [1.54, 1.807) is 6.07 Å². The molecule has 0 saturated heterocycles. The van der Waals surface area contributed by atoms with Crippen molar-refractivity contribution in [2.75, 3.05) is 5.73 Å². The highest BCUT2D eigenvalue weighted by atomic mass is 14.8. The summed E-state index contributed by atoms with van der Waals surface area (Å²) in [6.07, 6.45) is 4.49. The van der Waals surface area contributed by atoms with Gasteiger partial charge in [-0.05, 0) is 25.0 Å². The van der Waals surface area contributed by atoms with Crippen LogP contribution in [0.15, 0.2) is 12.1 Å². The fourth-order valence-electron chi connectivity index (χ4n) is 1.31. The molecule has 3 heteroatoms. The summed E-state index contributed by atoms with van der Waals surface area (Å²) in [4.78, 5) is 4.17. The third kappa shape index (κ3) is 2.74. The minimum absolute atomic E-state index is 0.349. The molecule has 1 rings (SSSR count). The summed E-state index contributed by atoms with van der Waals surface area (Å²) in [5.41, 5.74) is 7.05. The number of anilines is 1. The first-order valence-electron chi connectivity index (χ1n) is 4.93. The number of nitrogens with two attached hydrogens (primary N) is 1. The van der Waals surface area contributed by atoms with Crippen LogP contribution in [0.4, 0.5) is 5.82 Å². The third-order valence-electron chi connectivity index (χ3n) is 2.14. The van der Waals surface area contributed by atoms with Gasteiger partial charge in [-0.2, -0.15) is 5.26 Å². The van der Waals surface area contributed by atoms with Crippen molar-refractivity contribution >= 4 is 5.82 Å². The first-order valence-corrected chi connectivity index (χ1v) is 4.93. The third-order valence-corrected chi connectivity index (χ3v) is 2.14. The van der Waals surface area contributed by atoms with Crippen LogP contribution in [0.2, 0.25) is 0 Å². The summed E-state index contributed by atoms with van der Waals surface area (Å²) in [5, 5.41) is 8.65. The van der Waals surface area contributed by atoms with Gasteiger partial charge in [0.25, 0.3) is 0 Å². The van der Waals surface area contributed by atoms with E-state index in [4.69, 9.17) is 11.0 Å². The second-order valence-electron chi connectivity index (χ2n) is 3.30. The lowest BCUT2D eigenvalue weighted by Gasteiger charge is -2.02. The Kier molecular flexibility index (Phi) is 3.93. The number of aromatic nitrogens is 1. The van der Waals surface area contributed by atoms with Gasteiger partial charge in [-0.15, -0.1) is 0 Å². The van der Waals surface area contributed by atoms with E-state index in [1.165, 1.54) is 12.8 Å². The Morgan fingerprint density at radius 2 is 2.21 bits per heavy atom. The average Bonchev–Trinajstić information content (AvgIpc) is 2.18. The Balaban J connectivity index is 2.63. The van der Waals surface area contributed by atoms with Crippen molar-refractivity contribution in [3.05, 3.63) is 23.4 Å². The van der Waals surface area contributed by atoms with Crippen molar-refractivity contribution in [1.82, 2.24) is 4.98 Å². The molecule has 0 aliphatic carbocycles. The van der Waals surface area contributed by atoms with E-state index in [-0.39, 0.29) is 0 Å². The zero-order valence-electron chi connectivity index (χ0n) is 8.45. The molecule has 0 unspecified atom stereocenters. The molecule has 74 valence electrons. The molecule has 14 heavy (non-hydrogen) atoms. The van der Waals surface area contributed by atoms with Crippen LogP contribution in [0.3, 0.4) is 0 Å². The van der Waals surface area contributed by atoms with E-state index in [0.29, 0.717) is 11.4 Å². The molecule has 0 atom stereocenters. The second kappa shape index (κ2) is 5.23. The van der Waals surface area contributed by atoms with E-state index in [2.05, 4.69) is 11.9 Å². The van der Waals surface area contributed by atoms with Gasteiger partial charge in [0.2, 0.25) is 0 Å². The average molecular weight is 189 g/mol. The summed E-state index contributed by atoms with van der Waals surface area (Å²) in [5.74, 6) is 0.349. The number of aryl methyl sites for hydroxylation is 1. The molecule has 3 nitrogen and oxygen atoms in total. The number of nitrogen functional groups attached to an aromatic ring is 1. The van der Waals surface area contributed by atoms with E-state index < -0.39 is 0 Å². The van der Waals surface area contributed by atoms with Gasteiger partial charge in [0.1, 0.15) is 11.9 Å². The molecule has 0 aliphatic rings. The molecular formula is C11H15N3. The number of nitriles is 1. The molecule has 0 spiro atoms. The van der Waals surface area contributed by atoms with Crippen LogP contribution in [0.1, 0.15) is 37.4 Å². The van der Waals surface area contributed by atoms with Gasteiger partial charge >= 0.3 is 0 Å². The van der Waals surface area contributed by atoms with Gasteiger partial charge in [0, 0.05) is 5.69 Å². The normalized spacial score (nSPS) is 9.71. The molecule has 2 N–H and O–H groups in total. The van der Waals surface area contributed by atoms with Gasteiger partial charge in [0.05, 0.1) is 5.56 Å². The van der Waals surface area contributed by atoms with E-state index in [1.807, 2.05) is 12.1 Å². The fraction of sp³-hybridized carbons (Fsp3) is 0.455. The number of nitrogens with zero attached hydrogens (tertiary/aromatic N) is 2. The number of unbranched alkanes of at least 4 members (excludes halogenated alkanes) is 2. The maximum Gasteiger partial charge on any atom is 0.141 e. The van der Waals surface area contributed by atoms with Crippen LogP contribution in [-0.2, 0) is 6.42 Å². The number of hydrogen-bond acceptors (Lipinski definition) is 3. The van der Waals surface area contributed by atoms with Crippen LogP contribution < -0.4 is 5.73 Å². The van der Waals surface area contributed by atoms with Crippen molar-refractivity contribution in [3.8, 4) is 6.07 Å². The monoisotopic (exact) mass is 189 g/mol. The highest BCUT2D eigenvalue weighted by Gasteiger charge is 2.00. The molecule has 1 aromatic rings. The van der Waals surface area contributed by atoms with E-state index in [9.17, 15) is 0 Å². The Morgan fingerprint density at radius 1 is 1.43 bits per heavy atom. The standard InChI is InChI=1S/C11H15N3/c1-2-3-4-5-10-7-6-9(8-12)11(13)14-10/h6-7H,2-5H2,1H3,(H2,13,14). The minimum Gasteiger partial charge on any atom is -0.383 e. The maximum atomic E-state index is 8.65. The quantitative estimate of drug-likeness (QED) is 0.739. The van der Waals surface area contributed by atoms with Crippen LogP contribution in [0, 0.1) is 11.3 Å². The molecular weight excluding hydrogens is 174 g/mol. The Labute approximate surface area is 84.6 Å². The lowest BCUT2D eigenvalue weighted by molar-refractivity contribution is 0.708. The van der Waals surface area contributed by atoms with Crippen LogP contribution in [0.5, 0.6) is 0 Å². The largest absolute Gasteiger partial charge is 0.383 e. The first kappa shape index (κ1) is 10.5. The molecule has 0 radical (unpaired) electrons. The summed E-state index contributed by atoms with van der Waals surface area (Å²) < 4.78 is 0. The van der Waals surface area contributed by atoms with Crippen molar-refractivity contribution in [2.45, 2.75) is 32.6 Å². The predicted octanol–water partition coefficient (Wildman–Crippen LogP) is 2.27. The van der Waals surface area contributed by atoms with Crippen LogP contribution in [0.25, 0.3) is 0 Å². The zero-order valence-corrected chi connectivity index (χ0v) is 8.45. The lowest BCUT2D eigenvalue weighted by atomic mass is 10.1. The van der Waals surface area contributed by atoms with Crippen molar-refractivity contribution < 1.29 is 0 Å². The summed E-state index contributed by atoms with van der Waals surface area (Å²) in [6, 6.07) is 5.62. The molecule has 0 saturated carbocycles. The van der Waals surface area contributed by atoms with Crippen molar-refractivity contribution in [1.29, 1.82) is 5.26 Å². The molecule has 0 aliphatic heterocycles. The SMILES string of the molecule is CCCCCc1ccc(C#N)c(N)n1. The van der Waals surface area contributed by atoms with Crippen LogP contribution in [-0.4, -0.2) is 4.98 Å². The Bertz CT molecular complexity index is 339.